The average molecular weight is 872 g/mol. The predicted molar refractivity (Wildman–Crippen MR) is 239 cm³/mol. The van der Waals surface area contributed by atoms with Gasteiger partial charge in [-0.1, -0.05) is 19.6 Å². The van der Waals surface area contributed by atoms with E-state index in [9.17, 15) is 14.4 Å². The topological polar surface area (TPSA) is 205 Å². The number of aromatic nitrogens is 1. The van der Waals surface area contributed by atoms with E-state index in [1.54, 1.807) is 54.2 Å². The smallest absolute Gasteiger partial charge is 0.344 e. The number of ether oxygens (including phenoxy) is 8. The van der Waals surface area contributed by atoms with Crippen molar-refractivity contribution < 1.29 is 65.3 Å². The molecule has 0 aliphatic rings. The third-order valence-corrected chi connectivity index (χ3v) is 7.84. The van der Waals surface area contributed by atoms with Crippen LogP contribution in [-0.4, -0.2) is 91.5 Å². The summed E-state index contributed by atoms with van der Waals surface area (Å²) in [5, 5.41) is 5.95. The number of esters is 2. The molecule has 3 radical (unpaired) electrons. The molecule has 0 aliphatic carbocycles. The van der Waals surface area contributed by atoms with Crippen LogP contribution in [-0.2, 0) is 28.5 Å². The molecule has 5 N–H and O–H groups in total. The number of carbonyl (C=O) groups excluding carboxylic acids is 2. The molecule has 1 heterocycles. The fourth-order valence-electron chi connectivity index (χ4n) is 5.02. The summed E-state index contributed by atoms with van der Waals surface area (Å²) in [5.41, 5.74) is 10.6. The first-order valence-corrected chi connectivity index (χ1v) is 18.9. The van der Waals surface area contributed by atoms with Crippen LogP contribution in [0.15, 0.2) is 64.4 Å². The Morgan fingerprint density at radius 1 is 0.689 bits per heavy atom. The van der Waals surface area contributed by atoms with Gasteiger partial charge in [0.25, 0.3) is 0 Å². The van der Waals surface area contributed by atoms with Gasteiger partial charge < -0.3 is 61.0 Å². The van der Waals surface area contributed by atoms with Gasteiger partial charge in [-0.15, -0.1) is 0 Å². The Balaban J connectivity index is -0.000000750. The lowest BCUT2D eigenvalue weighted by Crippen LogP contribution is -3.00. The molecular weight excluding hydrogens is 807 g/mol. The first kappa shape index (κ1) is 59.4. The van der Waals surface area contributed by atoms with Crippen LogP contribution < -0.4 is 47.9 Å². The number of benzene rings is 3. The fourth-order valence-corrected chi connectivity index (χ4v) is 5.02. The Morgan fingerprint density at radius 2 is 1.20 bits per heavy atom. The van der Waals surface area contributed by atoms with Crippen molar-refractivity contribution in [3.05, 3.63) is 81.5 Å². The van der Waals surface area contributed by atoms with Crippen molar-refractivity contribution in [1.29, 1.82) is 0 Å². The van der Waals surface area contributed by atoms with E-state index in [0.717, 1.165) is 50.8 Å². The Kier molecular flexibility index (Phi) is 32.0. The second kappa shape index (κ2) is 32.9. The van der Waals surface area contributed by atoms with Gasteiger partial charge in [0.1, 0.15) is 23.7 Å². The zero-order valence-corrected chi connectivity index (χ0v) is 37.4. The molecule has 17 heteroatoms. The molecular formula is C44H65BClN4O11. The molecule has 0 aliphatic heterocycles. The summed E-state index contributed by atoms with van der Waals surface area (Å²) < 4.78 is 40.6. The van der Waals surface area contributed by atoms with E-state index in [-0.39, 0.29) is 64.4 Å². The normalized spacial score (nSPS) is 9.72. The Bertz CT molecular complexity index is 1990. The van der Waals surface area contributed by atoms with Crippen molar-refractivity contribution in [3.8, 4) is 23.1 Å². The maximum absolute atomic E-state index is 11.9. The zero-order valence-electron chi connectivity index (χ0n) is 36.7. The van der Waals surface area contributed by atoms with Crippen LogP contribution in [0.1, 0.15) is 71.6 Å². The van der Waals surface area contributed by atoms with E-state index in [4.69, 9.17) is 44.3 Å². The third kappa shape index (κ3) is 20.8. The summed E-state index contributed by atoms with van der Waals surface area (Å²) in [6.07, 6.45) is 0.0695. The van der Waals surface area contributed by atoms with Gasteiger partial charge in [-0.2, -0.15) is 0 Å². The van der Waals surface area contributed by atoms with E-state index in [1.807, 2.05) is 71.0 Å². The number of halogens is 1. The molecule has 4 rings (SSSR count). The lowest BCUT2D eigenvalue weighted by atomic mass is 10.1. The minimum Gasteiger partial charge on any atom is -1.00 e. The highest BCUT2D eigenvalue weighted by atomic mass is 35.5. The molecule has 337 valence electrons. The van der Waals surface area contributed by atoms with E-state index >= 15 is 0 Å². The Morgan fingerprint density at radius 3 is 1.70 bits per heavy atom. The van der Waals surface area contributed by atoms with Crippen LogP contribution >= 0.6 is 0 Å². The number of rotatable bonds is 14. The van der Waals surface area contributed by atoms with E-state index in [1.165, 1.54) is 6.07 Å². The molecule has 0 spiro atoms. The number of nitrogens with two attached hydrogens (primary N) is 2. The SMILES string of the molecule is C.CCOC(=O)CC(=Nc1cccc(OC)c1C)OCC.CCOC(=[NH2+])CC(=O)OCC.CCOc1cc(=O)c2ccc(OC)c(C)c2[nH]1.COc1cccc(N)c1C.[B].[Cl-]. The maximum atomic E-state index is 11.9. The second-order valence-electron chi connectivity index (χ2n) is 11.8. The molecule has 0 bridgehead atoms. The number of nitrogens with zero attached hydrogens (tertiary/aromatic N) is 1. The lowest BCUT2D eigenvalue weighted by molar-refractivity contribution is -0.154. The van der Waals surface area contributed by atoms with Gasteiger partial charge in [-0.25, -0.2) is 10.4 Å². The molecule has 0 amide bonds. The quantitative estimate of drug-likeness (QED) is 0.0550. The summed E-state index contributed by atoms with van der Waals surface area (Å²) in [6.45, 7) is 17.0. The zero-order chi connectivity index (χ0) is 43.6. The first-order chi connectivity index (χ1) is 27.7. The third-order valence-electron chi connectivity index (χ3n) is 7.84. The Hall–Kier alpha value is -5.90. The minimum atomic E-state index is -0.349. The molecule has 0 unspecified atom stereocenters. The Labute approximate surface area is 369 Å². The highest BCUT2D eigenvalue weighted by molar-refractivity contribution is 5.95. The number of anilines is 1. The molecule has 0 saturated heterocycles. The van der Waals surface area contributed by atoms with Crippen molar-refractivity contribution in [2.24, 2.45) is 4.99 Å². The van der Waals surface area contributed by atoms with Gasteiger partial charge in [0.15, 0.2) is 23.6 Å². The summed E-state index contributed by atoms with van der Waals surface area (Å²) in [6, 6.07) is 16.2. The van der Waals surface area contributed by atoms with Gasteiger partial charge in [0, 0.05) is 42.2 Å². The summed E-state index contributed by atoms with van der Waals surface area (Å²) in [4.78, 5) is 41.6. The largest absolute Gasteiger partial charge is 1.00 e. The number of nitrogen functional groups attached to an aromatic ring is 1. The summed E-state index contributed by atoms with van der Waals surface area (Å²) >= 11 is 0. The number of methoxy groups -OCH3 is 3. The van der Waals surface area contributed by atoms with E-state index in [0.29, 0.717) is 50.2 Å². The highest BCUT2D eigenvalue weighted by Gasteiger charge is 2.13. The van der Waals surface area contributed by atoms with Gasteiger partial charge in [0.05, 0.1) is 65.6 Å². The highest BCUT2D eigenvalue weighted by Crippen LogP contribution is 2.28. The van der Waals surface area contributed by atoms with Crippen LogP contribution in [0.5, 0.6) is 23.1 Å². The van der Waals surface area contributed by atoms with E-state index < -0.39 is 0 Å². The number of hydrogen-bond acceptors (Lipinski definition) is 13. The van der Waals surface area contributed by atoms with Gasteiger partial charge >= 0.3 is 17.8 Å². The van der Waals surface area contributed by atoms with Crippen LogP contribution in [0.25, 0.3) is 10.9 Å². The van der Waals surface area contributed by atoms with Crippen LogP contribution in [0.4, 0.5) is 11.4 Å². The van der Waals surface area contributed by atoms with Gasteiger partial charge in [0.2, 0.25) is 0 Å². The predicted octanol–water partition coefficient (Wildman–Crippen LogP) is 3.25. The molecule has 0 saturated carbocycles. The second-order valence-corrected chi connectivity index (χ2v) is 11.8. The van der Waals surface area contributed by atoms with Crippen molar-refractivity contribution in [2.45, 2.75) is 75.7 Å². The van der Waals surface area contributed by atoms with Crippen molar-refractivity contribution in [3.63, 3.8) is 0 Å². The lowest BCUT2D eigenvalue weighted by Gasteiger charge is -2.10. The van der Waals surface area contributed by atoms with Crippen LogP contribution in [0.3, 0.4) is 0 Å². The number of aliphatic imine (C=N–C) groups is 1. The number of hydrogen-bond donors (Lipinski definition) is 3. The monoisotopic (exact) mass is 871 g/mol. The number of aromatic amines is 1. The van der Waals surface area contributed by atoms with Crippen molar-refractivity contribution in [2.75, 3.05) is 60.1 Å². The van der Waals surface area contributed by atoms with Crippen LogP contribution in [0.2, 0.25) is 0 Å². The number of pyridine rings is 1. The summed E-state index contributed by atoms with van der Waals surface area (Å²) in [5.74, 6) is 2.70. The van der Waals surface area contributed by atoms with Gasteiger partial charge in [-0.05, 0) is 91.8 Å². The summed E-state index contributed by atoms with van der Waals surface area (Å²) in [7, 11) is 4.86. The van der Waals surface area contributed by atoms with Gasteiger partial charge in [-0.3, -0.25) is 14.4 Å². The average Bonchev–Trinajstić information content (AvgIpc) is 3.18. The number of carbonyl (C=O) groups is 2. The standard InChI is InChI=1S/C15H21NO4.C13H15NO3.C8H11NO.C7H13NO3.CH4.B.ClH/c1-5-19-14(10-15(17)20-6-2)16-12-8-7-9-13(18-4)11(12)3;1-4-17-12-7-10(15)9-5-6-11(16-3)8(2)13(9)14-12;1-6-7(9)4-3-5-8(6)10-2;1-3-10-6(8)5-7(9)11-4-2;;;/h7-9H,5-6,10H2,1-4H3;5-7H,4H2,1-3H3,(H,14,15);3-5H,9H2,1-2H3;8H,3-5H2,1-2H3;1H4;;1H. The molecule has 1 aromatic heterocycles. The number of aryl methyl sites for hydroxylation is 1. The van der Waals surface area contributed by atoms with Crippen molar-refractivity contribution >= 4 is 54.4 Å². The molecule has 61 heavy (non-hydrogen) atoms. The number of nitrogens with one attached hydrogen (secondary N) is 1. The molecule has 0 fully saturated rings. The van der Waals surface area contributed by atoms with Crippen molar-refractivity contribution in [1.82, 2.24) is 4.98 Å². The van der Waals surface area contributed by atoms with E-state index in [2.05, 4.69) is 14.7 Å². The fraction of sp³-hybridized carbons (Fsp3) is 0.432. The number of fused-ring (bicyclic) bond motifs is 1. The minimum absolute atomic E-state index is 0. The molecule has 3 aromatic carbocycles. The maximum Gasteiger partial charge on any atom is 0.344 e. The number of H-pyrrole nitrogens is 1. The van der Waals surface area contributed by atoms with Crippen LogP contribution in [0, 0.1) is 20.8 Å². The molecule has 4 aromatic rings. The first-order valence-electron chi connectivity index (χ1n) is 18.9. The molecule has 0 atom stereocenters. The molecule has 15 nitrogen and oxygen atoms in total.